The lowest BCUT2D eigenvalue weighted by atomic mass is 9.89. The minimum atomic E-state index is -0.721. The normalized spacial score (nSPS) is 15.3. The topological polar surface area (TPSA) is 97.1 Å². The van der Waals surface area contributed by atoms with Crippen molar-refractivity contribution in [2.45, 2.75) is 38.1 Å². The number of likely N-dealkylation sites (tertiary alicyclic amines) is 1. The second-order valence-corrected chi connectivity index (χ2v) is 9.06. The first-order valence-corrected chi connectivity index (χ1v) is 11.8. The highest BCUT2D eigenvalue weighted by atomic mass is 19.1. The van der Waals surface area contributed by atoms with Gasteiger partial charge in [0.15, 0.2) is 11.6 Å². The molecule has 0 unspecified atom stereocenters. The molecule has 5 rings (SSSR count). The van der Waals surface area contributed by atoms with Crippen LogP contribution in [0.2, 0.25) is 0 Å². The quantitative estimate of drug-likeness (QED) is 0.431. The largest absolute Gasteiger partial charge is 0.453 e. The molecular formula is C27H28FN5O2. The Bertz CT molecular complexity index is 1330. The summed E-state index contributed by atoms with van der Waals surface area (Å²) in [5.74, 6) is 0.471. The molecule has 180 valence electrons. The van der Waals surface area contributed by atoms with Crippen molar-refractivity contribution >= 4 is 16.9 Å². The zero-order valence-corrected chi connectivity index (χ0v) is 19.6. The van der Waals surface area contributed by atoms with Crippen LogP contribution in [0.1, 0.15) is 35.4 Å². The van der Waals surface area contributed by atoms with Crippen LogP contribution in [-0.2, 0) is 11.2 Å². The van der Waals surface area contributed by atoms with Crippen molar-refractivity contribution in [3.05, 3.63) is 83.7 Å². The molecule has 8 heteroatoms. The molecule has 4 heterocycles. The number of aryl methyl sites for hydroxylation is 1. The number of nitrogens with zero attached hydrogens (tertiary/aromatic N) is 3. The number of piperidine rings is 1. The van der Waals surface area contributed by atoms with E-state index in [1.54, 1.807) is 36.8 Å². The number of carbonyl (C=O) groups excluding carboxylic acids is 1. The lowest BCUT2D eigenvalue weighted by Crippen LogP contribution is -2.47. The first-order valence-electron chi connectivity index (χ1n) is 11.8. The Hall–Kier alpha value is -3.78. The van der Waals surface area contributed by atoms with E-state index in [2.05, 4.69) is 15.0 Å². The fourth-order valence-corrected chi connectivity index (χ4v) is 4.79. The number of hydrogen-bond acceptors (Lipinski definition) is 5. The van der Waals surface area contributed by atoms with E-state index in [1.165, 1.54) is 11.6 Å². The van der Waals surface area contributed by atoms with Crippen molar-refractivity contribution in [3.63, 3.8) is 0 Å². The Morgan fingerprint density at radius 3 is 2.69 bits per heavy atom. The monoisotopic (exact) mass is 473 g/mol. The van der Waals surface area contributed by atoms with Crippen molar-refractivity contribution in [1.29, 1.82) is 0 Å². The zero-order valence-electron chi connectivity index (χ0n) is 19.6. The molecule has 3 aromatic heterocycles. The number of H-pyrrole nitrogens is 1. The number of pyridine rings is 2. The molecule has 1 aliphatic rings. The first-order chi connectivity index (χ1) is 17.0. The second kappa shape index (κ2) is 9.84. The molecule has 1 atom stereocenters. The molecule has 7 nitrogen and oxygen atoms in total. The number of amides is 1. The van der Waals surface area contributed by atoms with Gasteiger partial charge in [0.05, 0.1) is 11.4 Å². The van der Waals surface area contributed by atoms with Crippen LogP contribution >= 0.6 is 0 Å². The van der Waals surface area contributed by atoms with Gasteiger partial charge in [-0.1, -0.05) is 6.07 Å². The van der Waals surface area contributed by atoms with E-state index in [0.717, 1.165) is 23.8 Å². The number of aromatic nitrogens is 3. The molecule has 0 aliphatic carbocycles. The van der Waals surface area contributed by atoms with Gasteiger partial charge in [-0.3, -0.25) is 9.78 Å². The van der Waals surface area contributed by atoms with Gasteiger partial charge in [-0.15, -0.1) is 0 Å². The molecule has 1 saturated heterocycles. The minimum absolute atomic E-state index is 0.0963. The maximum atomic E-state index is 14.9. The highest BCUT2D eigenvalue weighted by Gasteiger charge is 2.27. The first kappa shape index (κ1) is 23.0. The fourth-order valence-electron chi connectivity index (χ4n) is 4.79. The number of rotatable bonds is 6. The number of nitrogens with two attached hydrogens (primary N) is 1. The van der Waals surface area contributed by atoms with Crippen molar-refractivity contribution < 1.29 is 13.9 Å². The molecule has 0 saturated carbocycles. The van der Waals surface area contributed by atoms with E-state index in [-0.39, 0.29) is 18.1 Å². The molecule has 1 fully saturated rings. The number of fused-ring (bicyclic) bond motifs is 1. The Labute approximate surface area is 203 Å². The van der Waals surface area contributed by atoms with Gasteiger partial charge in [-0.2, -0.15) is 0 Å². The number of hydrogen-bond donors (Lipinski definition) is 2. The predicted molar refractivity (Wildman–Crippen MR) is 132 cm³/mol. The summed E-state index contributed by atoms with van der Waals surface area (Å²) < 4.78 is 20.7. The van der Waals surface area contributed by atoms with Gasteiger partial charge in [-0.25, -0.2) is 9.37 Å². The zero-order chi connectivity index (χ0) is 24.4. The molecule has 1 aliphatic heterocycles. The summed E-state index contributed by atoms with van der Waals surface area (Å²) in [7, 11) is 0. The lowest BCUT2D eigenvalue weighted by molar-refractivity contribution is -0.133. The van der Waals surface area contributed by atoms with Gasteiger partial charge in [0.25, 0.3) is 0 Å². The molecule has 3 N–H and O–H groups in total. The molecule has 1 aromatic carbocycles. The van der Waals surface area contributed by atoms with Gasteiger partial charge < -0.3 is 20.4 Å². The average Bonchev–Trinajstić information content (AvgIpc) is 3.27. The van der Waals surface area contributed by atoms with E-state index < -0.39 is 11.9 Å². The van der Waals surface area contributed by atoms with Gasteiger partial charge in [0.2, 0.25) is 5.91 Å². The fraction of sp³-hybridized carbons (Fsp3) is 0.296. The summed E-state index contributed by atoms with van der Waals surface area (Å²) in [5, 5.41) is 0.816. The van der Waals surface area contributed by atoms with Crippen molar-refractivity contribution in [2.75, 3.05) is 13.1 Å². The van der Waals surface area contributed by atoms with Crippen LogP contribution in [0.15, 0.2) is 61.2 Å². The van der Waals surface area contributed by atoms with Crippen LogP contribution in [0.5, 0.6) is 11.5 Å². The Morgan fingerprint density at radius 2 is 1.94 bits per heavy atom. The summed E-state index contributed by atoms with van der Waals surface area (Å²) in [4.78, 5) is 26.2. The van der Waals surface area contributed by atoms with Crippen LogP contribution in [-0.4, -0.2) is 44.9 Å². The summed E-state index contributed by atoms with van der Waals surface area (Å²) in [6, 6.07) is 9.78. The standard InChI is InChI=1S/C27H28FN5O2/c1-17-16-32-26-25(17)24(6-11-31-26)35-23-3-2-18(14-21(23)28)15-22(29)27(34)33-12-7-20(8-13-33)19-4-9-30-10-5-19/h2-6,9-11,14,16,20,22H,7-8,12-13,15,29H2,1H3,(H,31,32)/t22-/m0/s1. The average molecular weight is 474 g/mol. The predicted octanol–water partition coefficient (Wildman–Crippen LogP) is 4.47. The lowest BCUT2D eigenvalue weighted by Gasteiger charge is -2.33. The number of ether oxygens (including phenoxy) is 1. The summed E-state index contributed by atoms with van der Waals surface area (Å²) >= 11 is 0. The van der Waals surface area contributed by atoms with Gasteiger partial charge in [-0.05, 0) is 79.1 Å². The third kappa shape index (κ3) is 4.88. The molecule has 0 radical (unpaired) electrons. The van der Waals surface area contributed by atoms with Crippen molar-refractivity contribution in [3.8, 4) is 11.5 Å². The molecule has 0 spiro atoms. The van der Waals surface area contributed by atoms with E-state index in [9.17, 15) is 9.18 Å². The maximum Gasteiger partial charge on any atom is 0.239 e. The maximum absolute atomic E-state index is 14.9. The molecular weight excluding hydrogens is 445 g/mol. The summed E-state index contributed by atoms with van der Waals surface area (Å²) in [6.45, 7) is 3.27. The van der Waals surface area contributed by atoms with Crippen LogP contribution < -0.4 is 10.5 Å². The smallest absolute Gasteiger partial charge is 0.239 e. The van der Waals surface area contributed by atoms with Gasteiger partial charge in [0, 0.05) is 37.9 Å². The van der Waals surface area contributed by atoms with Gasteiger partial charge >= 0.3 is 0 Å². The Kier molecular flexibility index (Phi) is 6.46. The van der Waals surface area contributed by atoms with Crippen LogP contribution in [0.4, 0.5) is 4.39 Å². The minimum Gasteiger partial charge on any atom is -0.453 e. The van der Waals surface area contributed by atoms with Crippen LogP contribution in [0, 0.1) is 12.7 Å². The van der Waals surface area contributed by atoms with Crippen LogP contribution in [0.25, 0.3) is 11.0 Å². The summed E-state index contributed by atoms with van der Waals surface area (Å²) in [5.41, 5.74) is 9.81. The number of nitrogens with one attached hydrogen (secondary N) is 1. The van der Waals surface area contributed by atoms with E-state index >= 15 is 0 Å². The second-order valence-electron chi connectivity index (χ2n) is 9.06. The van der Waals surface area contributed by atoms with Gasteiger partial charge in [0.1, 0.15) is 11.4 Å². The molecule has 4 aromatic rings. The Morgan fingerprint density at radius 1 is 1.17 bits per heavy atom. The van der Waals surface area contributed by atoms with E-state index in [4.69, 9.17) is 10.5 Å². The number of aromatic amines is 1. The Balaban J connectivity index is 1.21. The SMILES string of the molecule is Cc1c[nH]c2nccc(Oc3ccc(C[C@H](N)C(=O)N4CCC(c5ccncc5)CC4)cc3F)c12. The van der Waals surface area contributed by atoms with Crippen LogP contribution in [0.3, 0.4) is 0 Å². The highest BCUT2D eigenvalue weighted by molar-refractivity contribution is 5.86. The van der Waals surface area contributed by atoms with E-state index in [1.807, 2.05) is 30.2 Å². The van der Waals surface area contributed by atoms with Crippen molar-refractivity contribution in [2.24, 2.45) is 5.73 Å². The third-order valence-electron chi connectivity index (χ3n) is 6.71. The number of carbonyl (C=O) groups is 1. The number of halogens is 1. The number of benzene rings is 1. The highest BCUT2D eigenvalue weighted by Crippen LogP contribution is 2.32. The van der Waals surface area contributed by atoms with Crippen molar-refractivity contribution in [1.82, 2.24) is 19.9 Å². The third-order valence-corrected chi connectivity index (χ3v) is 6.71. The summed E-state index contributed by atoms with van der Waals surface area (Å²) in [6.07, 6.45) is 9.11. The van der Waals surface area contributed by atoms with E-state index in [0.29, 0.717) is 36.0 Å². The molecule has 0 bridgehead atoms. The molecule has 35 heavy (non-hydrogen) atoms. The molecule has 1 amide bonds.